The second kappa shape index (κ2) is 5.45. The zero-order chi connectivity index (χ0) is 15.7. The molecule has 0 aliphatic heterocycles. The van der Waals surface area contributed by atoms with Crippen LogP contribution in [0.3, 0.4) is 0 Å². The Bertz CT molecular complexity index is 847. The predicted octanol–water partition coefficient (Wildman–Crippen LogP) is 5.33. The van der Waals surface area contributed by atoms with Crippen LogP contribution in [0, 0.1) is 5.41 Å². The van der Waals surface area contributed by atoms with Crippen LogP contribution >= 0.6 is 0 Å². The molecule has 0 radical (unpaired) electrons. The monoisotopic (exact) mass is 292 g/mol. The highest BCUT2D eigenvalue weighted by Gasteiger charge is 2.28. The summed E-state index contributed by atoms with van der Waals surface area (Å²) in [5.41, 5.74) is -0.479. The van der Waals surface area contributed by atoms with Gasteiger partial charge in [0, 0.05) is 5.39 Å². The summed E-state index contributed by atoms with van der Waals surface area (Å²) in [7, 11) is 0. The van der Waals surface area contributed by atoms with Crippen molar-refractivity contribution in [3.05, 3.63) is 54.6 Å². The molecule has 2 heteroatoms. The van der Waals surface area contributed by atoms with E-state index < -0.39 is 5.41 Å². The van der Waals surface area contributed by atoms with Crippen molar-refractivity contribution in [2.45, 2.75) is 27.2 Å². The molecule has 0 saturated heterocycles. The molecule has 3 aromatic rings. The van der Waals surface area contributed by atoms with Crippen LogP contribution in [0.2, 0.25) is 0 Å². The zero-order valence-corrected chi connectivity index (χ0v) is 13.2. The summed E-state index contributed by atoms with van der Waals surface area (Å²) in [5.74, 6) is 0.455. The maximum absolute atomic E-state index is 12.4. The number of ether oxygens (including phenoxy) is 1. The first-order chi connectivity index (χ1) is 10.5. The van der Waals surface area contributed by atoms with E-state index >= 15 is 0 Å². The molecule has 0 unspecified atom stereocenters. The van der Waals surface area contributed by atoms with Gasteiger partial charge in [-0.1, -0.05) is 55.5 Å². The molecule has 0 bridgehead atoms. The summed E-state index contributed by atoms with van der Waals surface area (Å²) in [6, 6.07) is 18.2. The van der Waals surface area contributed by atoms with Gasteiger partial charge in [0.25, 0.3) is 0 Å². The van der Waals surface area contributed by atoms with Crippen molar-refractivity contribution < 1.29 is 9.53 Å². The minimum absolute atomic E-state index is 0.185. The van der Waals surface area contributed by atoms with Crippen LogP contribution in [0.4, 0.5) is 0 Å². The Morgan fingerprint density at radius 3 is 2.23 bits per heavy atom. The zero-order valence-electron chi connectivity index (χ0n) is 13.2. The third-order valence-electron chi connectivity index (χ3n) is 4.37. The number of hydrogen-bond acceptors (Lipinski definition) is 2. The van der Waals surface area contributed by atoms with Gasteiger partial charge in [0.2, 0.25) is 0 Å². The molecule has 22 heavy (non-hydrogen) atoms. The lowest BCUT2D eigenvalue weighted by Gasteiger charge is -2.21. The van der Waals surface area contributed by atoms with Gasteiger partial charge in [0.1, 0.15) is 5.75 Å². The highest BCUT2D eigenvalue weighted by Crippen LogP contribution is 2.34. The molecule has 112 valence electrons. The van der Waals surface area contributed by atoms with Crippen LogP contribution in [0.1, 0.15) is 27.2 Å². The van der Waals surface area contributed by atoms with Crippen molar-refractivity contribution in [2.24, 2.45) is 5.41 Å². The predicted molar refractivity (Wildman–Crippen MR) is 91.2 cm³/mol. The van der Waals surface area contributed by atoms with Gasteiger partial charge in [-0.15, -0.1) is 0 Å². The van der Waals surface area contributed by atoms with Crippen molar-refractivity contribution in [2.75, 3.05) is 0 Å². The average Bonchev–Trinajstić information content (AvgIpc) is 2.55. The normalized spacial score (nSPS) is 11.8. The van der Waals surface area contributed by atoms with E-state index in [0.717, 1.165) is 22.6 Å². The smallest absolute Gasteiger partial charge is 0.316 e. The van der Waals surface area contributed by atoms with E-state index in [1.807, 2.05) is 63.2 Å². The average molecular weight is 292 g/mol. The minimum Gasteiger partial charge on any atom is -0.425 e. The van der Waals surface area contributed by atoms with E-state index in [1.165, 1.54) is 5.39 Å². The van der Waals surface area contributed by atoms with Crippen molar-refractivity contribution >= 4 is 27.5 Å². The number of carbonyl (C=O) groups excluding carboxylic acids is 1. The largest absolute Gasteiger partial charge is 0.425 e. The van der Waals surface area contributed by atoms with Gasteiger partial charge in [-0.3, -0.25) is 4.79 Å². The fraction of sp³-hybridized carbons (Fsp3) is 0.250. The Labute approximate surface area is 130 Å². The maximum Gasteiger partial charge on any atom is 0.316 e. The van der Waals surface area contributed by atoms with Gasteiger partial charge in [-0.25, -0.2) is 0 Å². The summed E-state index contributed by atoms with van der Waals surface area (Å²) < 4.78 is 5.75. The third kappa shape index (κ3) is 2.45. The van der Waals surface area contributed by atoms with E-state index in [-0.39, 0.29) is 5.97 Å². The molecule has 3 rings (SSSR count). The minimum atomic E-state index is -0.479. The van der Waals surface area contributed by atoms with Crippen molar-refractivity contribution in [1.29, 1.82) is 0 Å². The lowest BCUT2D eigenvalue weighted by molar-refractivity contribution is -0.144. The Morgan fingerprint density at radius 2 is 1.55 bits per heavy atom. The Morgan fingerprint density at radius 1 is 0.955 bits per heavy atom. The molecule has 0 spiro atoms. The molecule has 0 amide bonds. The molecule has 2 nitrogen and oxygen atoms in total. The topological polar surface area (TPSA) is 26.3 Å². The number of fused-ring (bicyclic) bond motifs is 3. The first kappa shape index (κ1) is 14.6. The molecule has 0 aliphatic carbocycles. The van der Waals surface area contributed by atoms with Crippen LogP contribution in [-0.4, -0.2) is 5.97 Å². The Hall–Kier alpha value is -2.35. The number of rotatable bonds is 3. The molecule has 3 aromatic carbocycles. The highest BCUT2D eigenvalue weighted by atomic mass is 16.5. The molecule has 0 heterocycles. The number of esters is 1. The molecule has 0 N–H and O–H groups in total. The molecular formula is C20H20O2. The van der Waals surface area contributed by atoms with E-state index in [9.17, 15) is 4.79 Å². The number of benzene rings is 3. The highest BCUT2D eigenvalue weighted by molar-refractivity contribution is 6.10. The summed E-state index contributed by atoms with van der Waals surface area (Å²) in [4.78, 5) is 12.4. The van der Waals surface area contributed by atoms with Crippen LogP contribution in [0.5, 0.6) is 5.75 Å². The maximum atomic E-state index is 12.4. The van der Waals surface area contributed by atoms with Crippen LogP contribution in [-0.2, 0) is 4.79 Å². The molecule has 0 aliphatic rings. The summed E-state index contributed by atoms with van der Waals surface area (Å²) in [6.07, 6.45) is 0.747. The third-order valence-corrected chi connectivity index (χ3v) is 4.37. The first-order valence-electron chi connectivity index (χ1n) is 7.66. The Balaban J connectivity index is 2.18. The van der Waals surface area contributed by atoms with E-state index in [2.05, 4.69) is 12.1 Å². The van der Waals surface area contributed by atoms with Gasteiger partial charge in [-0.05, 0) is 42.5 Å². The van der Waals surface area contributed by atoms with Crippen molar-refractivity contribution in [3.8, 4) is 5.75 Å². The van der Waals surface area contributed by atoms with Gasteiger partial charge in [0.05, 0.1) is 5.41 Å². The quantitative estimate of drug-likeness (QED) is 0.370. The van der Waals surface area contributed by atoms with E-state index in [4.69, 9.17) is 4.74 Å². The molecule has 0 saturated carbocycles. The molecule has 0 aromatic heterocycles. The lowest BCUT2D eigenvalue weighted by Crippen LogP contribution is -2.28. The second-order valence-corrected chi connectivity index (χ2v) is 6.27. The standard InChI is InChI=1S/C20H20O2/c1-4-20(2,3)19(21)22-18-13-14-9-5-6-10-15(14)16-11-7-8-12-17(16)18/h5-13H,4H2,1-3H3. The van der Waals surface area contributed by atoms with Gasteiger partial charge >= 0.3 is 5.97 Å². The fourth-order valence-corrected chi connectivity index (χ4v) is 2.49. The van der Waals surface area contributed by atoms with Gasteiger partial charge in [0.15, 0.2) is 0 Å². The van der Waals surface area contributed by atoms with E-state index in [0.29, 0.717) is 5.75 Å². The van der Waals surface area contributed by atoms with Crippen LogP contribution < -0.4 is 4.74 Å². The van der Waals surface area contributed by atoms with Gasteiger partial charge < -0.3 is 4.74 Å². The summed E-state index contributed by atoms with van der Waals surface area (Å²) in [6.45, 7) is 5.83. The summed E-state index contributed by atoms with van der Waals surface area (Å²) >= 11 is 0. The first-order valence-corrected chi connectivity index (χ1v) is 7.66. The Kier molecular flexibility index (Phi) is 3.61. The molecule has 0 atom stereocenters. The van der Waals surface area contributed by atoms with Crippen LogP contribution in [0.15, 0.2) is 54.6 Å². The van der Waals surface area contributed by atoms with Crippen molar-refractivity contribution in [3.63, 3.8) is 0 Å². The van der Waals surface area contributed by atoms with Crippen LogP contribution in [0.25, 0.3) is 21.5 Å². The fourth-order valence-electron chi connectivity index (χ4n) is 2.49. The lowest BCUT2D eigenvalue weighted by atomic mass is 9.90. The summed E-state index contributed by atoms with van der Waals surface area (Å²) in [5, 5.41) is 4.34. The molecule has 0 fully saturated rings. The number of hydrogen-bond donors (Lipinski definition) is 0. The van der Waals surface area contributed by atoms with Gasteiger partial charge in [-0.2, -0.15) is 0 Å². The molecular weight excluding hydrogens is 272 g/mol. The number of carbonyl (C=O) groups is 1. The SMILES string of the molecule is CCC(C)(C)C(=O)Oc1cc2ccccc2c2ccccc12. The second-order valence-electron chi connectivity index (χ2n) is 6.27. The van der Waals surface area contributed by atoms with E-state index in [1.54, 1.807) is 0 Å². The van der Waals surface area contributed by atoms with Crippen molar-refractivity contribution in [1.82, 2.24) is 0 Å².